The Morgan fingerprint density at radius 3 is 2.05 bits per heavy atom. The fourth-order valence-corrected chi connectivity index (χ4v) is 1.87. The van der Waals surface area contributed by atoms with Gasteiger partial charge in [-0.1, -0.05) is 13.8 Å². The number of likely N-dealkylation sites (N-methyl/N-ethyl adjacent to an activating group) is 1. The van der Waals surface area contributed by atoms with Gasteiger partial charge in [-0.15, -0.1) is 0 Å². The lowest BCUT2D eigenvalue weighted by molar-refractivity contribution is -0.134. The van der Waals surface area contributed by atoms with Crippen LogP contribution in [0.4, 0.5) is 4.79 Å². The van der Waals surface area contributed by atoms with Crippen molar-refractivity contribution < 1.29 is 14.3 Å². The van der Waals surface area contributed by atoms with E-state index in [2.05, 4.69) is 5.32 Å². The smallest absolute Gasteiger partial charge is 0.408 e. The fraction of sp³-hybridized carbons (Fsp3) is 0.857. The molecule has 0 spiro atoms. The Bertz CT molecular complexity index is 306. The highest BCUT2D eigenvalue weighted by Gasteiger charge is 2.25. The zero-order valence-corrected chi connectivity index (χ0v) is 13.2. The zero-order valence-electron chi connectivity index (χ0n) is 13.2. The van der Waals surface area contributed by atoms with Crippen LogP contribution in [0.1, 0.15) is 54.4 Å². The van der Waals surface area contributed by atoms with Crippen molar-refractivity contribution in [3.05, 3.63) is 0 Å². The Balaban J connectivity index is 4.45. The molecule has 0 aromatic heterocycles. The van der Waals surface area contributed by atoms with Crippen LogP contribution in [0.25, 0.3) is 0 Å². The topological polar surface area (TPSA) is 58.6 Å². The van der Waals surface area contributed by atoms with Gasteiger partial charge in [0.2, 0.25) is 5.91 Å². The summed E-state index contributed by atoms with van der Waals surface area (Å²) in [7, 11) is 1.77. The lowest BCUT2D eigenvalue weighted by atomic mass is 10.1. The summed E-state index contributed by atoms with van der Waals surface area (Å²) in [5.41, 5.74) is -0.561. The molecule has 2 amide bonds. The Morgan fingerprint density at radius 2 is 1.68 bits per heavy atom. The minimum Gasteiger partial charge on any atom is -0.444 e. The number of alkyl carbamates (subject to hydrolysis) is 1. The van der Waals surface area contributed by atoms with Gasteiger partial charge in [0.15, 0.2) is 0 Å². The highest BCUT2D eigenvalue weighted by Crippen LogP contribution is 2.09. The number of nitrogens with one attached hydrogen (secondary N) is 1. The lowest BCUT2D eigenvalue weighted by Crippen LogP contribution is -2.49. The van der Waals surface area contributed by atoms with Gasteiger partial charge in [0.1, 0.15) is 11.6 Å². The van der Waals surface area contributed by atoms with E-state index in [1.807, 2.05) is 13.8 Å². The van der Waals surface area contributed by atoms with Crippen molar-refractivity contribution in [1.29, 1.82) is 0 Å². The molecule has 0 bridgehead atoms. The summed E-state index contributed by atoms with van der Waals surface area (Å²) in [6.07, 6.45) is 1.24. The molecular weight excluding hydrogens is 244 g/mol. The molecule has 112 valence electrons. The maximum Gasteiger partial charge on any atom is 0.408 e. The molecule has 1 atom stereocenters. The maximum atomic E-state index is 12.2. The van der Waals surface area contributed by atoms with Crippen LogP contribution >= 0.6 is 0 Å². The Morgan fingerprint density at radius 1 is 1.21 bits per heavy atom. The molecule has 0 aliphatic heterocycles. The third kappa shape index (κ3) is 6.45. The first-order valence-corrected chi connectivity index (χ1v) is 6.88. The molecule has 0 aromatic rings. The van der Waals surface area contributed by atoms with Crippen LogP contribution in [-0.2, 0) is 9.53 Å². The van der Waals surface area contributed by atoms with E-state index in [1.165, 1.54) is 0 Å². The van der Waals surface area contributed by atoms with Crippen molar-refractivity contribution in [3.8, 4) is 0 Å². The van der Waals surface area contributed by atoms with E-state index < -0.39 is 17.7 Å². The highest BCUT2D eigenvalue weighted by molar-refractivity contribution is 5.85. The molecule has 19 heavy (non-hydrogen) atoms. The minimum atomic E-state index is -0.583. The summed E-state index contributed by atoms with van der Waals surface area (Å²) < 4.78 is 5.13. The second-order valence-corrected chi connectivity index (χ2v) is 5.79. The van der Waals surface area contributed by atoms with Gasteiger partial charge < -0.3 is 15.0 Å². The van der Waals surface area contributed by atoms with Gasteiger partial charge in [0.05, 0.1) is 0 Å². The second-order valence-electron chi connectivity index (χ2n) is 5.79. The molecule has 0 aliphatic rings. The molecule has 0 saturated carbocycles. The molecule has 0 aliphatic carbocycles. The van der Waals surface area contributed by atoms with Crippen LogP contribution in [0, 0.1) is 0 Å². The van der Waals surface area contributed by atoms with Crippen LogP contribution in [-0.4, -0.2) is 41.6 Å². The van der Waals surface area contributed by atoms with Crippen molar-refractivity contribution >= 4 is 12.0 Å². The largest absolute Gasteiger partial charge is 0.444 e. The maximum absolute atomic E-state index is 12.2. The van der Waals surface area contributed by atoms with Gasteiger partial charge in [-0.3, -0.25) is 4.79 Å². The monoisotopic (exact) mass is 272 g/mol. The first-order chi connectivity index (χ1) is 8.62. The molecule has 0 unspecified atom stereocenters. The van der Waals surface area contributed by atoms with E-state index >= 15 is 0 Å². The van der Waals surface area contributed by atoms with Crippen LogP contribution < -0.4 is 5.32 Å². The van der Waals surface area contributed by atoms with E-state index in [4.69, 9.17) is 4.74 Å². The highest BCUT2D eigenvalue weighted by atomic mass is 16.6. The first kappa shape index (κ1) is 17.7. The van der Waals surface area contributed by atoms with Crippen molar-refractivity contribution in [2.24, 2.45) is 0 Å². The van der Waals surface area contributed by atoms with E-state index in [9.17, 15) is 9.59 Å². The average Bonchev–Trinajstić information content (AvgIpc) is 2.26. The normalized spacial score (nSPS) is 13.1. The van der Waals surface area contributed by atoms with Gasteiger partial charge in [-0.25, -0.2) is 4.79 Å². The average molecular weight is 272 g/mol. The van der Waals surface area contributed by atoms with Gasteiger partial charge in [-0.2, -0.15) is 0 Å². The summed E-state index contributed by atoms with van der Waals surface area (Å²) in [4.78, 5) is 25.5. The number of carbonyl (C=O) groups excluding carboxylic acids is 2. The Hall–Kier alpha value is -1.26. The lowest BCUT2D eigenvalue weighted by Gasteiger charge is -2.29. The van der Waals surface area contributed by atoms with E-state index in [-0.39, 0.29) is 11.9 Å². The summed E-state index contributed by atoms with van der Waals surface area (Å²) >= 11 is 0. The SMILES string of the molecule is CCC(CC)N(C)C(=O)[C@H](C)NC(=O)OC(C)(C)C. The number of hydrogen-bond donors (Lipinski definition) is 1. The summed E-state index contributed by atoms with van der Waals surface area (Å²) in [5.74, 6) is -0.0976. The third-order valence-corrected chi connectivity index (χ3v) is 2.94. The molecule has 0 fully saturated rings. The van der Waals surface area contributed by atoms with Crippen molar-refractivity contribution in [3.63, 3.8) is 0 Å². The molecule has 5 heteroatoms. The predicted octanol–water partition coefficient (Wildman–Crippen LogP) is 2.55. The number of amides is 2. The van der Waals surface area contributed by atoms with Crippen molar-refractivity contribution in [2.45, 2.75) is 72.1 Å². The van der Waals surface area contributed by atoms with Gasteiger partial charge in [-0.05, 0) is 40.5 Å². The third-order valence-electron chi connectivity index (χ3n) is 2.94. The van der Waals surface area contributed by atoms with E-state index in [0.717, 1.165) is 12.8 Å². The van der Waals surface area contributed by atoms with E-state index in [1.54, 1.807) is 39.6 Å². The summed E-state index contributed by atoms with van der Waals surface area (Å²) in [5, 5.41) is 2.57. The molecule has 5 nitrogen and oxygen atoms in total. The number of hydrogen-bond acceptors (Lipinski definition) is 3. The fourth-order valence-electron chi connectivity index (χ4n) is 1.87. The van der Waals surface area contributed by atoms with Crippen LogP contribution in [0.5, 0.6) is 0 Å². The van der Waals surface area contributed by atoms with Crippen molar-refractivity contribution in [1.82, 2.24) is 10.2 Å². The molecule has 0 aromatic carbocycles. The van der Waals surface area contributed by atoms with Crippen molar-refractivity contribution in [2.75, 3.05) is 7.05 Å². The first-order valence-electron chi connectivity index (χ1n) is 6.88. The molecule has 0 heterocycles. The standard InChI is InChI=1S/C14H28N2O3/c1-8-11(9-2)16(7)12(17)10(3)15-13(18)19-14(4,5)6/h10-11H,8-9H2,1-7H3,(H,15,18)/t10-/m0/s1. The Kier molecular flexibility index (Phi) is 6.87. The number of nitrogens with zero attached hydrogens (tertiary/aromatic N) is 1. The van der Waals surface area contributed by atoms with Crippen LogP contribution in [0.2, 0.25) is 0 Å². The predicted molar refractivity (Wildman–Crippen MR) is 76.0 cm³/mol. The quantitative estimate of drug-likeness (QED) is 0.836. The zero-order chi connectivity index (χ0) is 15.2. The summed E-state index contributed by atoms with van der Waals surface area (Å²) in [6, 6.07) is -0.379. The molecular formula is C14H28N2O3. The van der Waals surface area contributed by atoms with E-state index in [0.29, 0.717) is 0 Å². The molecule has 1 N–H and O–H groups in total. The molecule has 0 saturated heterocycles. The Labute approximate surface area is 116 Å². The minimum absolute atomic E-state index is 0.0976. The molecule has 0 rings (SSSR count). The van der Waals surface area contributed by atoms with Gasteiger partial charge >= 0.3 is 6.09 Å². The number of carbonyl (C=O) groups is 2. The number of ether oxygens (including phenoxy) is 1. The van der Waals surface area contributed by atoms with Crippen LogP contribution in [0.3, 0.4) is 0 Å². The van der Waals surface area contributed by atoms with Gasteiger partial charge in [0, 0.05) is 13.1 Å². The molecule has 0 radical (unpaired) electrons. The second kappa shape index (κ2) is 7.36. The van der Waals surface area contributed by atoms with Gasteiger partial charge in [0.25, 0.3) is 0 Å². The van der Waals surface area contributed by atoms with Crippen LogP contribution in [0.15, 0.2) is 0 Å². The summed E-state index contributed by atoms with van der Waals surface area (Å²) in [6.45, 7) is 11.1. The number of rotatable bonds is 5.